The van der Waals surface area contributed by atoms with Gasteiger partial charge in [0, 0.05) is 11.1 Å². The molecule has 0 aliphatic carbocycles. The van der Waals surface area contributed by atoms with Gasteiger partial charge in [-0.15, -0.1) is 0 Å². The first kappa shape index (κ1) is 37.3. The third kappa shape index (κ3) is 8.89. The van der Waals surface area contributed by atoms with Crippen LogP contribution in [0.1, 0.15) is 33.4 Å². The average Bonchev–Trinajstić information content (AvgIpc) is 3.53. The minimum atomic E-state index is -0.892. The first-order valence-corrected chi connectivity index (χ1v) is 19.1. The van der Waals surface area contributed by atoms with Gasteiger partial charge >= 0.3 is 0 Å². The van der Waals surface area contributed by atoms with E-state index in [4.69, 9.17) is 23.7 Å². The fourth-order valence-electron chi connectivity index (χ4n) is 7.35. The molecule has 1 saturated heterocycles. The predicted octanol–water partition coefficient (Wildman–Crippen LogP) is 9.27. The van der Waals surface area contributed by atoms with Crippen molar-refractivity contribution in [1.29, 1.82) is 0 Å². The number of benzene rings is 6. The number of carbonyl (C=O) groups excluding carboxylic acids is 1. The van der Waals surface area contributed by atoms with E-state index in [-0.39, 0.29) is 19.1 Å². The molecule has 2 heterocycles. The van der Waals surface area contributed by atoms with Crippen molar-refractivity contribution in [1.82, 2.24) is 0 Å². The number of hydrogen-bond donors (Lipinski definition) is 0. The first-order valence-electron chi connectivity index (χ1n) is 19.1. The van der Waals surface area contributed by atoms with Crippen LogP contribution in [-0.2, 0) is 54.9 Å². The third-order valence-corrected chi connectivity index (χ3v) is 10.1. The molecule has 0 saturated carbocycles. The number of para-hydroxylation sites is 1. The topological polar surface area (TPSA) is 66.5 Å². The van der Waals surface area contributed by atoms with Crippen molar-refractivity contribution in [2.24, 2.45) is 0 Å². The molecule has 5 atom stereocenters. The molecule has 282 valence electrons. The number of nitrogens with zero attached hydrogens (tertiary/aromatic N) is 1. The van der Waals surface area contributed by atoms with Gasteiger partial charge in [0.2, 0.25) is 0 Å². The highest BCUT2D eigenvalue weighted by molar-refractivity contribution is 6.36. The molecule has 1 amide bonds. The van der Waals surface area contributed by atoms with Crippen LogP contribution in [0.15, 0.2) is 176 Å². The van der Waals surface area contributed by atoms with E-state index < -0.39 is 30.6 Å². The molecule has 7 nitrogen and oxygen atoms in total. The van der Waals surface area contributed by atoms with E-state index in [1.807, 2.05) is 182 Å². The zero-order valence-electron chi connectivity index (χ0n) is 31.1. The molecule has 8 rings (SSSR count). The molecule has 2 aliphatic heterocycles. The highest BCUT2D eigenvalue weighted by atomic mass is 16.6. The monoisotopic (exact) mass is 743 g/mol. The number of ether oxygens (including phenoxy) is 5. The number of hydrogen-bond acceptors (Lipinski definition) is 6. The van der Waals surface area contributed by atoms with Crippen LogP contribution in [0.25, 0.3) is 11.6 Å². The molecule has 1 fully saturated rings. The Hall–Kier alpha value is -5.67. The van der Waals surface area contributed by atoms with Crippen molar-refractivity contribution >= 4 is 23.2 Å². The second-order valence-corrected chi connectivity index (χ2v) is 14.0. The molecule has 0 bridgehead atoms. The quantitative estimate of drug-likeness (QED) is 0.0978. The van der Waals surface area contributed by atoms with Gasteiger partial charge in [-0.1, -0.05) is 170 Å². The Bertz CT molecular complexity index is 2160. The molecule has 7 heteroatoms. The Morgan fingerprint density at radius 2 is 0.946 bits per heavy atom. The number of carbonyl (C=O) groups is 1. The Morgan fingerprint density at radius 3 is 1.50 bits per heavy atom. The minimum absolute atomic E-state index is 0.178. The van der Waals surface area contributed by atoms with Crippen molar-refractivity contribution in [3.8, 4) is 0 Å². The molecule has 0 unspecified atom stereocenters. The Labute approximate surface area is 328 Å². The lowest BCUT2D eigenvalue weighted by atomic mass is 9.96. The summed E-state index contributed by atoms with van der Waals surface area (Å²) in [5.41, 5.74) is 7.13. The summed E-state index contributed by atoms with van der Waals surface area (Å²) in [6.45, 7) is 1.47. The number of rotatable bonds is 15. The summed E-state index contributed by atoms with van der Waals surface area (Å²) in [6, 6.07) is 58.0. The largest absolute Gasteiger partial charge is 0.374 e. The van der Waals surface area contributed by atoms with Gasteiger partial charge in [-0.3, -0.25) is 9.69 Å². The average molecular weight is 744 g/mol. The Balaban J connectivity index is 1.20. The molecule has 0 aromatic heterocycles. The van der Waals surface area contributed by atoms with Crippen molar-refractivity contribution in [3.63, 3.8) is 0 Å². The van der Waals surface area contributed by atoms with Gasteiger partial charge in [0.05, 0.1) is 38.7 Å². The van der Waals surface area contributed by atoms with Crippen LogP contribution in [0.2, 0.25) is 0 Å². The molecular weight excluding hydrogens is 699 g/mol. The van der Waals surface area contributed by atoms with Crippen molar-refractivity contribution in [2.45, 2.75) is 57.1 Å². The van der Waals surface area contributed by atoms with Gasteiger partial charge in [-0.2, -0.15) is 0 Å². The van der Waals surface area contributed by atoms with Gasteiger partial charge in [0.1, 0.15) is 24.4 Å². The zero-order chi connectivity index (χ0) is 37.9. The Morgan fingerprint density at radius 1 is 0.500 bits per heavy atom. The minimum Gasteiger partial charge on any atom is -0.374 e. The van der Waals surface area contributed by atoms with Crippen LogP contribution in [0.3, 0.4) is 0 Å². The van der Waals surface area contributed by atoms with Crippen LogP contribution in [-0.4, -0.2) is 43.2 Å². The fourth-order valence-corrected chi connectivity index (χ4v) is 7.35. The first-order chi connectivity index (χ1) is 27.7. The van der Waals surface area contributed by atoms with E-state index in [9.17, 15) is 4.79 Å². The maximum Gasteiger partial charge on any atom is 0.261 e. The van der Waals surface area contributed by atoms with Crippen molar-refractivity contribution in [2.75, 3.05) is 11.5 Å². The summed E-state index contributed by atoms with van der Waals surface area (Å²) in [5.74, 6) is -0.178. The standard InChI is InChI=1S/C49H45NO6/c51-48-42(30-36-18-6-1-7-19-36)41-28-16-17-29-43(41)50(48)49-47(55-34-40-26-14-5-15-27-40)46(54-33-39-24-12-4-13-25-39)45(53-32-38-22-10-3-11-23-38)44(56-49)35-52-31-37-20-8-2-9-21-37/h1-30,44-47,49H,31-35H2/b42-30+/t44-,45-,46+,47-,49-/m1/s1. The lowest BCUT2D eigenvalue weighted by Gasteiger charge is -2.48. The van der Waals surface area contributed by atoms with E-state index in [1.165, 1.54) is 0 Å². The van der Waals surface area contributed by atoms with Crippen LogP contribution >= 0.6 is 0 Å². The summed E-state index contributed by atoms with van der Waals surface area (Å²) in [4.78, 5) is 16.6. The van der Waals surface area contributed by atoms with Gasteiger partial charge < -0.3 is 23.7 Å². The SMILES string of the molecule is O=C1/C(=C/c2ccccc2)c2ccccc2N1[C@@H]1O[C@H](COCc2ccccc2)[C@@H](OCc2ccccc2)[C@H](OCc2ccccc2)[C@H]1OCc1ccccc1. The number of anilines is 1. The maximum absolute atomic E-state index is 14.9. The van der Waals surface area contributed by atoms with Crippen LogP contribution in [0, 0.1) is 0 Å². The molecular formula is C49H45NO6. The summed E-state index contributed by atoms with van der Waals surface area (Å²) >= 11 is 0. The normalized spacial score (nSPS) is 21.3. The summed E-state index contributed by atoms with van der Waals surface area (Å²) in [5, 5.41) is 0. The van der Waals surface area contributed by atoms with E-state index in [0.717, 1.165) is 39.1 Å². The molecule has 6 aromatic carbocycles. The van der Waals surface area contributed by atoms with Crippen molar-refractivity contribution < 1.29 is 28.5 Å². The molecule has 2 aliphatic rings. The van der Waals surface area contributed by atoms with Gasteiger partial charge in [-0.05, 0) is 40.0 Å². The second kappa shape index (κ2) is 18.3. The Kier molecular flexibility index (Phi) is 12.2. The zero-order valence-corrected chi connectivity index (χ0v) is 31.1. The molecule has 0 N–H and O–H groups in total. The van der Waals surface area contributed by atoms with E-state index in [2.05, 4.69) is 0 Å². The summed E-state index contributed by atoms with van der Waals surface area (Å²) in [7, 11) is 0. The smallest absolute Gasteiger partial charge is 0.261 e. The summed E-state index contributed by atoms with van der Waals surface area (Å²) < 4.78 is 34.3. The van der Waals surface area contributed by atoms with Crippen molar-refractivity contribution in [3.05, 3.63) is 209 Å². The lowest BCUT2D eigenvalue weighted by molar-refractivity contribution is -0.271. The highest BCUT2D eigenvalue weighted by Gasteiger charge is 2.53. The van der Waals surface area contributed by atoms with Crippen LogP contribution < -0.4 is 4.90 Å². The van der Waals surface area contributed by atoms with E-state index in [0.29, 0.717) is 25.4 Å². The molecule has 0 spiro atoms. The van der Waals surface area contributed by atoms with Gasteiger partial charge in [-0.25, -0.2) is 0 Å². The lowest BCUT2D eigenvalue weighted by Crippen LogP contribution is -2.65. The van der Waals surface area contributed by atoms with Gasteiger partial charge in [0.15, 0.2) is 6.23 Å². The molecule has 6 aromatic rings. The van der Waals surface area contributed by atoms with E-state index in [1.54, 1.807) is 4.90 Å². The predicted molar refractivity (Wildman–Crippen MR) is 218 cm³/mol. The molecule has 56 heavy (non-hydrogen) atoms. The van der Waals surface area contributed by atoms with Crippen LogP contribution in [0.4, 0.5) is 5.69 Å². The maximum atomic E-state index is 14.9. The number of amides is 1. The fraction of sp³-hybridized carbons (Fsp3) is 0.204. The highest BCUT2D eigenvalue weighted by Crippen LogP contribution is 2.43. The van der Waals surface area contributed by atoms with Gasteiger partial charge in [0.25, 0.3) is 5.91 Å². The third-order valence-electron chi connectivity index (χ3n) is 10.1. The second-order valence-electron chi connectivity index (χ2n) is 14.0. The van der Waals surface area contributed by atoms with Crippen LogP contribution in [0.5, 0.6) is 0 Å². The molecule has 0 radical (unpaired) electrons. The summed E-state index contributed by atoms with van der Waals surface area (Å²) in [6.07, 6.45) is -1.64. The number of fused-ring (bicyclic) bond motifs is 1. The van der Waals surface area contributed by atoms with E-state index >= 15 is 0 Å².